The molecule has 3 amide bonds. The standard InChI is InChI=1S/C31H41N5O5S/c1-18-24(42-17-34-18)19-9-10-20(23(13-19)41-30(5,6)7)15-33-26(38)22-14-21(37)16-36(22)27(39)25(29(2,3)4)35-28(40)31(32-8)11-12-31/h9-10,13,17,21-22,25,37H,11-12,14-16H2,1-7H3,(H,33,38)(H,35,40)/t21-,22+,25?/m1/s1. The summed E-state index contributed by atoms with van der Waals surface area (Å²) >= 11 is 1.55. The van der Waals surface area contributed by atoms with Gasteiger partial charge in [-0.15, -0.1) is 11.3 Å². The fourth-order valence-corrected chi connectivity index (χ4v) is 5.84. The third-order valence-electron chi connectivity index (χ3n) is 7.56. The predicted octanol–water partition coefficient (Wildman–Crippen LogP) is 3.86. The van der Waals surface area contributed by atoms with E-state index in [4.69, 9.17) is 11.3 Å². The van der Waals surface area contributed by atoms with Crippen LogP contribution in [-0.2, 0) is 20.9 Å². The summed E-state index contributed by atoms with van der Waals surface area (Å²) in [5.41, 5.74) is 2.21. The molecular weight excluding hydrogens is 554 g/mol. The molecule has 0 spiro atoms. The van der Waals surface area contributed by atoms with Gasteiger partial charge in [-0.2, -0.15) is 0 Å². The van der Waals surface area contributed by atoms with E-state index in [0.717, 1.165) is 21.7 Å². The number of amides is 3. The van der Waals surface area contributed by atoms with Crippen molar-refractivity contribution in [2.24, 2.45) is 5.41 Å². The Kier molecular flexibility index (Phi) is 8.72. The topological polar surface area (TPSA) is 125 Å². The van der Waals surface area contributed by atoms with Crippen molar-refractivity contribution in [1.82, 2.24) is 20.5 Å². The average Bonchev–Trinajstić information content (AvgIpc) is 3.43. The van der Waals surface area contributed by atoms with Gasteiger partial charge >= 0.3 is 11.4 Å². The van der Waals surface area contributed by atoms with E-state index in [1.54, 1.807) is 16.8 Å². The van der Waals surface area contributed by atoms with E-state index in [1.807, 2.05) is 66.7 Å². The summed E-state index contributed by atoms with van der Waals surface area (Å²) in [5, 5.41) is 16.2. The quantitative estimate of drug-likeness (QED) is 0.398. The van der Waals surface area contributed by atoms with Crippen molar-refractivity contribution in [2.75, 3.05) is 6.54 Å². The average molecular weight is 596 g/mol. The Hall–Kier alpha value is -3.49. The molecule has 10 nitrogen and oxygen atoms in total. The molecule has 4 rings (SSSR count). The lowest BCUT2D eigenvalue weighted by Gasteiger charge is -2.35. The number of aromatic nitrogens is 1. The van der Waals surface area contributed by atoms with Gasteiger partial charge in [-0.25, -0.2) is 11.6 Å². The second-order valence-electron chi connectivity index (χ2n) is 13.3. The molecule has 3 N–H and O–H groups in total. The first kappa shape index (κ1) is 31.4. The van der Waals surface area contributed by atoms with Gasteiger partial charge in [0, 0.05) is 37.9 Å². The van der Waals surface area contributed by atoms with E-state index in [2.05, 4.69) is 20.5 Å². The lowest BCUT2D eigenvalue weighted by molar-refractivity contribution is -0.144. The Morgan fingerprint density at radius 2 is 1.93 bits per heavy atom. The Labute approximate surface area is 251 Å². The van der Waals surface area contributed by atoms with Crippen molar-refractivity contribution in [3.05, 3.63) is 46.4 Å². The molecule has 11 heteroatoms. The second-order valence-corrected chi connectivity index (χ2v) is 14.2. The van der Waals surface area contributed by atoms with Crippen LogP contribution in [0.4, 0.5) is 0 Å². The van der Waals surface area contributed by atoms with Gasteiger partial charge < -0.3 is 25.4 Å². The Morgan fingerprint density at radius 1 is 1.24 bits per heavy atom. The minimum Gasteiger partial charge on any atom is -0.488 e. The Bertz CT molecular complexity index is 1400. The number of rotatable bonds is 8. The maximum Gasteiger partial charge on any atom is 0.309 e. The molecule has 1 aromatic carbocycles. The first-order valence-electron chi connectivity index (χ1n) is 14.2. The van der Waals surface area contributed by atoms with Crippen LogP contribution in [0.25, 0.3) is 15.3 Å². The van der Waals surface area contributed by atoms with E-state index in [9.17, 15) is 19.5 Å². The number of nitrogens with zero attached hydrogens (tertiary/aromatic N) is 3. The molecule has 2 fully saturated rings. The second kappa shape index (κ2) is 11.7. The molecule has 2 aromatic rings. The number of β-amino-alcohol motifs (C(OH)–C–C–N with tert-alkyl or cyclic N) is 1. The third kappa shape index (κ3) is 6.93. The summed E-state index contributed by atoms with van der Waals surface area (Å²) in [6.07, 6.45) is 0.142. The minimum atomic E-state index is -1.10. The van der Waals surface area contributed by atoms with Crippen LogP contribution in [0.2, 0.25) is 0 Å². The summed E-state index contributed by atoms with van der Waals surface area (Å²) < 4.78 is 6.26. The molecule has 226 valence electrons. The molecule has 1 aliphatic carbocycles. The zero-order valence-corrected chi connectivity index (χ0v) is 26.2. The van der Waals surface area contributed by atoms with Gasteiger partial charge in [0.1, 0.15) is 23.4 Å². The highest BCUT2D eigenvalue weighted by atomic mass is 32.1. The minimum absolute atomic E-state index is 0.0192. The molecule has 1 aromatic heterocycles. The Balaban J connectivity index is 1.52. The molecule has 2 aliphatic rings. The van der Waals surface area contributed by atoms with Gasteiger partial charge in [0.15, 0.2) is 0 Å². The molecule has 1 saturated heterocycles. The number of carbonyl (C=O) groups is 3. The van der Waals surface area contributed by atoms with E-state index < -0.39 is 52.5 Å². The number of hydrogen-bond donors (Lipinski definition) is 3. The molecule has 0 bridgehead atoms. The summed E-state index contributed by atoms with van der Waals surface area (Å²) in [5.74, 6) is -0.677. The fraction of sp³-hybridized carbons (Fsp3) is 0.581. The van der Waals surface area contributed by atoms with E-state index in [1.165, 1.54) is 4.90 Å². The van der Waals surface area contributed by atoms with E-state index in [-0.39, 0.29) is 19.5 Å². The van der Waals surface area contributed by atoms with Gasteiger partial charge in [0.2, 0.25) is 11.8 Å². The first-order valence-corrected chi connectivity index (χ1v) is 15.1. The van der Waals surface area contributed by atoms with Crippen molar-refractivity contribution >= 4 is 29.1 Å². The number of aliphatic hydroxyl groups excluding tert-OH is 1. The van der Waals surface area contributed by atoms with Gasteiger partial charge in [0.05, 0.1) is 22.2 Å². The molecular formula is C31H41N5O5S. The number of carbonyl (C=O) groups excluding carboxylic acids is 3. The van der Waals surface area contributed by atoms with Crippen LogP contribution in [0.5, 0.6) is 5.75 Å². The highest BCUT2D eigenvalue weighted by molar-refractivity contribution is 7.13. The summed E-state index contributed by atoms with van der Waals surface area (Å²) in [6, 6.07) is 3.97. The van der Waals surface area contributed by atoms with Gasteiger partial charge in [-0.1, -0.05) is 32.9 Å². The van der Waals surface area contributed by atoms with Gasteiger partial charge in [0.25, 0.3) is 0 Å². The summed E-state index contributed by atoms with van der Waals surface area (Å²) in [6.45, 7) is 20.8. The molecule has 1 unspecified atom stereocenters. The lowest BCUT2D eigenvalue weighted by atomic mass is 9.85. The summed E-state index contributed by atoms with van der Waals surface area (Å²) in [4.78, 5) is 50.4. The number of nitrogens with one attached hydrogen (secondary N) is 2. The van der Waals surface area contributed by atoms with Crippen LogP contribution < -0.4 is 15.4 Å². The zero-order valence-electron chi connectivity index (χ0n) is 25.4. The van der Waals surface area contributed by atoms with Crippen LogP contribution in [0.1, 0.15) is 72.1 Å². The third-order valence-corrected chi connectivity index (χ3v) is 8.54. The SMILES string of the molecule is [C-]#[N+]C1(C(=O)NC(C(=O)N2C[C@H](O)C[C@H]2C(=O)NCc2ccc(-c3scnc3C)cc2OC(C)(C)C)C(C)(C)C)CC1. The largest absolute Gasteiger partial charge is 0.488 e. The summed E-state index contributed by atoms with van der Waals surface area (Å²) in [7, 11) is 0. The predicted molar refractivity (Wildman–Crippen MR) is 161 cm³/mol. The van der Waals surface area contributed by atoms with Crippen LogP contribution in [0.15, 0.2) is 23.7 Å². The van der Waals surface area contributed by atoms with Crippen LogP contribution in [-0.4, -0.2) is 68.6 Å². The van der Waals surface area contributed by atoms with Crippen LogP contribution in [0, 0.1) is 18.9 Å². The first-order chi connectivity index (χ1) is 19.5. The normalized spacial score (nSPS) is 20.4. The molecule has 2 heterocycles. The van der Waals surface area contributed by atoms with Crippen molar-refractivity contribution in [3.8, 4) is 16.2 Å². The molecule has 42 heavy (non-hydrogen) atoms. The van der Waals surface area contributed by atoms with Crippen molar-refractivity contribution in [3.63, 3.8) is 0 Å². The number of aryl methyl sites for hydroxylation is 1. The number of benzene rings is 1. The van der Waals surface area contributed by atoms with E-state index >= 15 is 0 Å². The Morgan fingerprint density at radius 3 is 2.48 bits per heavy atom. The maximum atomic E-state index is 13.8. The van der Waals surface area contributed by atoms with Gasteiger partial charge in [-0.05, 0) is 44.7 Å². The monoisotopic (exact) mass is 595 g/mol. The van der Waals surface area contributed by atoms with Crippen LogP contribution in [0.3, 0.4) is 0 Å². The number of ether oxygens (including phenoxy) is 1. The molecule has 1 saturated carbocycles. The number of likely N-dealkylation sites (tertiary alicyclic amines) is 1. The number of hydrogen-bond acceptors (Lipinski definition) is 7. The maximum absolute atomic E-state index is 13.8. The van der Waals surface area contributed by atoms with E-state index in [0.29, 0.717) is 18.6 Å². The smallest absolute Gasteiger partial charge is 0.309 e. The lowest BCUT2D eigenvalue weighted by Crippen LogP contribution is -2.59. The molecule has 0 radical (unpaired) electrons. The molecule has 1 aliphatic heterocycles. The highest BCUT2D eigenvalue weighted by Gasteiger charge is 2.59. The van der Waals surface area contributed by atoms with Gasteiger partial charge in [-0.3, -0.25) is 19.2 Å². The highest BCUT2D eigenvalue weighted by Crippen LogP contribution is 2.40. The number of thiazole rings is 1. The number of aliphatic hydroxyl groups is 1. The van der Waals surface area contributed by atoms with Crippen molar-refractivity contribution in [1.29, 1.82) is 0 Å². The van der Waals surface area contributed by atoms with Crippen molar-refractivity contribution in [2.45, 2.75) is 104 Å². The molecule has 3 atom stereocenters. The fourth-order valence-electron chi connectivity index (χ4n) is 5.04. The zero-order chi connectivity index (χ0) is 31.0. The van der Waals surface area contributed by atoms with Crippen molar-refractivity contribution < 1.29 is 24.2 Å². The van der Waals surface area contributed by atoms with Crippen LogP contribution >= 0.6 is 11.3 Å².